The first-order valence-electron chi connectivity index (χ1n) is 6.79. The smallest absolute Gasteiger partial charge is 0.228 e. The van der Waals surface area contributed by atoms with Crippen LogP contribution >= 0.6 is 0 Å². The number of hydrogen-bond donors (Lipinski definition) is 1. The summed E-state index contributed by atoms with van der Waals surface area (Å²) in [5.74, 6) is 1.34. The lowest BCUT2D eigenvalue weighted by atomic mass is 9.82. The van der Waals surface area contributed by atoms with Crippen LogP contribution < -0.4 is 5.73 Å². The summed E-state index contributed by atoms with van der Waals surface area (Å²) in [5.41, 5.74) is 5.47. The zero-order valence-corrected chi connectivity index (χ0v) is 12.0. The number of amides is 1. The van der Waals surface area contributed by atoms with Gasteiger partial charge in [0.1, 0.15) is 0 Å². The highest BCUT2D eigenvalue weighted by Gasteiger charge is 2.39. The molecule has 1 aliphatic heterocycles. The second-order valence-electron chi connectivity index (χ2n) is 6.63. The molecule has 0 saturated carbocycles. The Labute approximate surface area is 106 Å². The zero-order valence-electron chi connectivity index (χ0n) is 12.0. The monoisotopic (exact) mass is 240 g/mol. The Bertz CT molecular complexity index is 273. The van der Waals surface area contributed by atoms with Crippen molar-refractivity contribution in [3.63, 3.8) is 0 Å². The summed E-state index contributed by atoms with van der Waals surface area (Å²) in [6.45, 7) is 12.2. The molecule has 0 aromatic rings. The number of carbonyl (C=O) groups is 1. The van der Waals surface area contributed by atoms with Crippen LogP contribution in [0.25, 0.3) is 0 Å². The van der Waals surface area contributed by atoms with Gasteiger partial charge in [-0.2, -0.15) is 0 Å². The van der Waals surface area contributed by atoms with Crippen molar-refractivity contribution in [2.24, 2.45) is 23.0 Å². The maximum absolute atomic E-state index is 12.6. The van der Waals surface area contributed by atoms with Gasteiger partial charge in [-0.05, 0) is 38.1 Å². The Morgan fingerprint density at radius 2 is 2.06 bits per heavy atom. The van der Waals surface area contributed by atoms with E-state index in [0.29, 0.717) is 30.3 Å². The van der Waals surface area contributed by atoms with Crippen molar-refractivity contribution in [1.29, 1.82) is 0 Å². The summed E-state index contributed by atoms with van der Waals surface area (Å²) in [6.07, 6.45) is 2.00. The van der Waals surface area contributed by atoms with Crippen LogP contribution in [0.5, 0.6) is 0 Å². The topological polar surface area (TPSA) is 46.3 Å². The summed E-state index contributed by atoms with van der Waals surface area (Å²) >= 11 is 0. The van der Waals surface area contributed by atoms with Gasteiger partial charge in [0.25, 0.3) is 0 Å². The molecule has 100 valence electrons. The first-order valence-corrected chi connectivity index (χ1v) is 6.79. The molecule has 17 heavy (non-hydrogen) atoms. The van der Waals surface area contributed by atoms with Crippen molar-refractivity contribution in [1.82, 2.24) is 4.90 Å². The fraction of sp³-hybridized carbons (Fsp3) is 0.929. The van der Waals surface area contributed by atoms with E-state index in [1.165, 1.54) is 0 Å². The van der Waals surface area contributed by atoms with Gasteiger partial charge in [0.15, 0.2) is 0 Å². The summed E-state index contributed by atoms with van der Waals surface area (Å²) < 4.78 is 0. The second-order valence-corrected chi connectivity index (χ2v) is 6.63. The largest absolute Gasteiger partial charge is 0.339 e. The van der Waals surface area contributed by atoms with Crippen LogP contribution in [0.1, 0.15) is 47.5 Å². The SMILES string of the molecule is CC(C)CC(C)(C)C(=O)N1CC(CN)CC1C. The van der Waals surface area contributed by atoms with Gasteiger partial charge in [-0.3, -0.25) is 4.79 Å². The molecule has 0 aromatic carbocycles. The van der Waals surface area contributed by atoms with Crippen LogP contribution in [0.4, 0.5) is 0 Å². The maximum Gasteiger partial charge on any atom is 0.228 e. The normalized spacial score (nSPS) is 25.7. The maximum atomic E-state index is 12.6. The quantitative estimate of drug-likeness (QED) is 0.819. The number of nitrogens with zero attached hydrogens (tertiary/aromatic N) is 1. The van der Waals surface area contributed by atoms with E-state index in [1.54, 1.807) is 0 Å². The van der Waals surface area contributed by atoms with Crippen molar-refractivity contribution in [2.75, 3.05) is 13.1 Å². The molecule has 3 heteroatoms. The Balaban J connectivity index is 2.69. The van der Waals surface area contributed by atoms with Gasteiger partial charge >= 0.3 is 0 Å². The fourth-order valence-electron chi connectivity index (χ4n) is 3.09. The van der Waals surface area contributed by atoms with Gasteiger partial charge in [0.2, 0.25) is 5.91 Å². The van der Waals surface area contributed by atoms with Crippen molar-refractivity contribution in [2.45, 2.75) is 53.5 Å². The van der Waals surface area contributed by atoms with Crippen LogP contribution in [0, 0.1) is 17.3 Å². The van der Waals surface area contributed by atoms with E-state index >= 15 is 0 Å². The molecule has 0 bridgehead atoms. The number of carbonyl (C=O) groups excluding carboxylic acids is 1. The summed E-state index contributed by atoms with van der Waals surface area (Å²) in [4.78, 5) is 14.6. The average molecular weight is 240 g/mol. The highest BCUT2D eigenvalue weighted by molar-refractivity contribution is 5.82. The third kappa shape index (κ3) is 3.44. The van der Waals surface area contributed by atoms with Crippen molar-refractivity contribution < 1.29 is 4.79 Å². The van der Waals surface area contributed by atoms with Crippen molar-refractivity contribution in [3.05, 3.63) is 0 Å². The van der Waals surface area contributed by atoms with E-state index in [-0.39, 0.29) is 5.41 Å². The van der Waals surface area contributed by atoms with Crippen LogP contribution in [0.2, 0.25) is 0 Å². The van der Waals surface area contributed by atoms with E-state index < -0.39 is 0 Å². The lowest BCUT2D eigenvalue weighted by molar-refractivity contribution is -0.141. The van der Waals surface area contributed by atoms with E-state index in [9.17, 15) is 4.79 Å². The van der Waals surface area contributed by atoms with Gasteiger partial charge < -0.3 is 10.6 Å². The third-order valence-corrected chi connectivity index (χ3v) is 3.75. The lowest BCUT2D eigenvalue weighted by Gasteiger charge is -2.33. The van der Waals surface area contributed by atoms with Gasteiger partial charge in [0, 0.05) is 18.0 Å². The molecular weight excluding hydrogens is 212 g/mol. The van der Waals surface area contributed by atoms with Crippen LogP contribution in [0.3, 0.4) is 0 Å². The molecule has 1 fully saturated rings. The standard InChI is InChI=1S/C14H28N2O/c1-10(2)7-14(4,5)13(17)16-9-12(8-15)6-11(16)3/h10-12H,6-9,15H2,1-5H3. The Kier molecular flexibility index (Phi) is 4.59. The van der Waals surface area contributed by atoms with Crippen LogP contribution in [0.15, 0.2) is 0 Å². The van der Waals surface area contributed by atoms with Gasteiger partial charge in [-0.25, -0.2) is 0 Å². The molecule has 2 unspecified atom stereocenters. The Morgan fingerprint density at radius 3 is 2.47 bits per heavy atom. The minimum Gasteiger partial charge on any atom is -0.339 e. The van der Waals surface area contributed by atoms with Crippen molar-refractivity contribution >= 4 is 5.91 Å². The predicted octanol–water partition coefficient (Wildman–Crippen LogP) is 2.25. The molecule has 3 nitrogen and oxygen atoms in total. The number of nitrogens with two attached hydrogens (primary N) is 1. The molecule has 0 radical (unpaired) electrons. The Morgan fingerprint density at radius 1 is 1.47 bits per heavy atom. The first-order chi connectivity index (χ1) is 7.77. The molecule has 1 amide bonds. The molecular formula is C14H28N2O. The molecule has 0 spiro atoms. The highest BCUT2D eigenvalue weighted by Crippen LogP contribution is 2.32. The minimum atomic E-state index is -0.244. The number of hydrogen-bond acceptors (Lipinski definition) is 2. The van der Waals surface area contributed by atoms with Gasteiger partial charge in [0.05, 0.1) is 0 Å². The molecule has 0 aliphatic carbocycles. The predicted molar refractivity (Wildman–Crippen MR) is 71.6 cm³/mol. The molecule has 1 heterocycles. The lowest BCUT2D eigenvalue weighted by Crippen LogP contribution is -2.43. The molecule has 1 saturated heterocycles. The fourth-order valence-corrected chi connectivity index (χ4v) is 3.09. The van der Waals surface area contributed by atoms with E-state index in [1.807, 2.05) is 4.90 Å². The average Bonchev–Trinajstić information content (AvgIpc) is 2.56. The Hall–Kier alpha value is -0.570. The van der Waals surface area contributed by atoms with Crippen molar-refractivity contribution in [3.8, 4) is 0 Å². The molecule has 1 aliphatic rings. The van der Waals surface area contributed by atoms with Gasteiger partial charge in [-0.15, -0.1) is 0 Å². The second kappa shape index (κ2) is 5.38. The summed E-state index contributed by atoms with van der Waals surface area (Å²) in [7, 11) is 0. The first kappa shape index (κ1) is 14.5. The van der Waals surface area contributed by atoms with E-state index in [0.717, 1.165) is 19.4 Å². The highest BCUT2D eigenvalue weighted by atomic mass is 16.2. The van der Waals surface area contributed by atoms with E-state index in [4.69, 9.17) is 5.73 Å². The van der Waals surface area contributed by atoms with E-state index in [2.05, 4.69) is 34.6 Å². The molecule has 0 aromatic heterocycles. The molecule has 2 atom stereocenters. The molecule has 2 N–H and O–H groups in total. The number of likely N-dealkylation sites (tertiary alicyclic amines) is 1. The minimum absolute atomic E-state index is 0.244. The summed E-state index contributed by atoms with van der Waals surface area (Å²) in [6, 6.07) is 0.350. The van der Waals surface area contributed by atoms with Gasteiger partial charge in [-0.1, -0.05) is 27.7 Å². The molecule has 1 rings (SSSR count). The third-order valence-electron chi connectivity index (χ3n) is 3.75. The van der Waals surface area contributed by atoms with Crippen LogP contribution in [-0.4, -0.2) is 29.9 Å². The van der Waals surface area contributed by atoms with Crippen LogP contribution in [-0.2, 0) is 4.79 Å². The number of rotatable bonds is 4. The summed E-state index contributed by atoms with van der Waals surface area (Å²) in [5, 5.41) is 0. The zero-order chi connectivity index (χ0) is 13.2.